The van der Waals surface area contributed by atoms with Crippen molar-refractivity contribution in [2.45, 2.75) is 38.0 Å². The average molecular weight is 308 g/mol. The van der Waals surface area contributed by atoms with Crippen LogP contribution in [0.1, 0.15) is 49.3 Å². The number of rotatable bonds is 2. The number of hydrogen-bond donors (Lipinski definition) is 2. The fourth-order valence-electron chi connectivity index (χ4n) is 2.66. The van der Waals surface area contributed by atoms with Gasteiger partial charge in [0, 0.05) is 12.1 Å². The molecular weight excluding hydrogens is 292 g/mol. The highest BCUT2D eigenvalue weighted by molar-refractivity contribution is 5.58. The summed E-state index contributed by atoms with van der Waals surface area (Å²) in [5, 5.41) is 8.38. The molecule has 2 fully saturated rings. The van der Waals surface area contributed by atoms with Crippen molar-refractivity contribution in [3.05, 3.63) is 44.4 Å². The molecule has 23 heavy (non-hydrogen) atoms. The van der Waals surface area contributed by atoms with Crippen LogP contribution in [0.2, 0.25) is 0 Å². The first-order chi connectivity index (χ1) is 11.2. The number of hydrogen-bond acceptors (Lipinski definition) is 4. The average Bonchev–Trinajstić information content (AvgIpc) is 3.31. The maximum absolute atomic E-state index is 11.9. The molecule has 2 aliphatic rings. The third-order valence-corrected chi connectivity index (χ3v) is 4.44. The molecule has 116 valence electrons. The highest BCUT2D eigenvalue weighted by atomic mass is 16.2. The van der Waals surface area contributed by atoms with E-state index in [1.807, 2.05) is 6.07 Å². The van der Waals surface area contributed by atoms with Gasteiger partial charge in [0.2, 0.25) is 0 Å². The summed E-state index contributed by atoms with van der Waals surface area (Å²) in [6, 6.07) is 1.89. The van der Waals surface area contributed by atoms with Gasteiger partial charge in [0.05, 0.1) is 5.56 Å². The topological polar surface area (TPSA) is 91.5 Å². The fourth-order valence-corrected chi connectivity index (χ4v) is 2.66. The Hall–Kier alpha value is -2.68. The van der Waals surface area contributed by atoms with Gasteiger partial charge >= 0.3 is 5.69 Å². The molecule has 0 atom stereocenters. The van der Waals surface area contributed by atoms with E-state index in [4.69, 9.17) is 0 Å². The third-order valence-electron chi connectivity index (χ3n) is 4.44. The monoisotopic (exact) mass is 308 g/mol. The van der Waals surface area contributed by atoms with Gasteiger partial charge in [-0.2, -0.15) is 0 Å². The van der Waals surface area contributed by atoms with Crippen LogP contribution in [0.3, 0.4) is 0 Å². The van der Waals surface area contributed by atoms with E-state index >= 15 is 0 Å². The lowest BCUT2D eigenvalue weighted by Gasteiger charge is -2.18. The Morgan fingerprint density at radius 1 is 1.13 bits per heavy atom. The van der Waals surface area contributed by atoms with Gasteiger partial charge in [-0.3, -0.25) is 9.78 Å². The smallest absolute Gasteiger partial charge is 0.313 e. The molecule has 0 amide bonds. The van der Waals surface area contributed by atoms with E-state index in [0.29, 0.717) is 23.1 Å². The molecule has 6 nitrogen and oxygen atoms in total. The molecule has 2 aliphatic carbocycles. The maximum atomic E-state index is 11.9. The van der Waals surface area contributed by atoms with Crippen LogP contribution in [0, 0.1) is 17.8 Å². The molecule has 2 heterocycles. The number of aromatic nitrogens is 4. The molecule has 0 bridgehead atoms. The van der Waals surface area contributed by atoms with Crippen LogP contribution in [0.4, 0.5) is 0 Å². The van der Waals surface area contributed by atoms with Crippen molar-refractivity contribution in [1.29, 1.82) is 0 Å². The molecule has 2 N–H and O–H groups in total. The quantitative estimate of drug-likeness (QED) is 0.823. The summed E-state index contributed by atoms with van der Waals surface area (Å²) in [7, 11) is 0. The maximum Gasteiger partial charge on any atom is 0.325 e. The van der Waals surface area contributed by atoms with Crippen LogP contribution in [0.25, 0.3) is 11.3 Å². The summed E-state index contributed by atoms with van der Waals surface area (Å²) in [6.45, 7) is 0. The van der Waals surface area contributed by atoms with Gasteiger partial charge in [-0.15, -0.1) is 10.2 Å². The van der Waals surface area contributed by atoms with Gasteiger partial charge in [-0.05, 0) is 49.2 Å². The minimum Gasteiger partial charge on any atom is -0.313 e. The van der Waals surface area contributed by atoms with E-state index in [2.05, 4.69) is 32.0 Å². The van der Waals surface area contributed by atoms with Gasteiger partial charge in [-0.1, -0.05) is 12.3 Å². The van der Waals surface area contributed by atoms with Crippen LogP contribution in [0.5, 0.6) is 0 Å². The summed E-state index contributed by atoms with van der Waals surface area (Å²) >= 11 is 0. The van der Waals surface area contributed by atoms with Crippen LogP contribution < -0.4 is 11.2 Å². The van der Waals surface area contributed by atoms with Crippen LogP contribution >= 0.6 is 0 Å². The highest BCUT2D eigenvalue weighted by Gasteiger charge is 2.28. The lowest BCUT2D eigenvalue weighted by Crippen LogP contribution is -2.23. The highest BCUT2D eigenvalue weighted by Crippen LogP contribution is 2.41. The zero-order valence-electron chi connectivity index (χ0n) is 12.6. The standard InChI is InChI=1S/C17H16N4O2/c22-16-13(9-18-17(23)19-16)15-8-12(11-5-6-11)14(20-21-15)7-4-10-2-1-3-10/h8-11H,1-3,5-6H2,(H2,18,19,22,23). The summed E-state index contributed by atoms with van der Waals surface area (Å²) in [4.78, 5) is 27.7. The molecule has 0 radical (unpaired) electrons. The summed E-state index contributed by atoms with van der Waals surface area (Å²) < 4.78 is 0. The Kier molecular flexibility index (Phi) is 3.34. The van der Waals surface area contributed by atoms with Crippen molar-refractivity contribution in [2.75, 3.05) is 0 Å². The minimum absolute atomic E-state index is 0.317. The molecule has 0 unspecified atom stereocenters. The Morgan fingerprint density at radius 2 is 1.96 bits per heavy atom. The second-order valence-corrected chi connectivity index (χ2v) is 6.19. The summed E-state index contributed by atoms with van der Waals surface area (Å²) in [5.74, 6) is 7.39. The first-order valence-corrected chi connectivity index (χ1v) is 7.92. The zero-order valence-corrected chi connectivity index (χ0v) is 12.6. The molecular formula is C17H16N4O2. The van der Waals surface area contributed by atoms with Crippen LogP contribution in [-0.2, 0) is 0 Å². The van der Waals surface area contributed by atoms with Crippen molar-refractivity contribution >= 4 is 0 Å². The van der Waals surface area contributed by atoms with E-state index in [0.717, 1.165) is 24.1 Å². The molecule has 2 aromatic heterocycles. The number of nitrogens with zero attached hydrogens (tertiary/aromatic N) is 2. The second kappa shape index (κ2) is 5.51. The normalized spacial score (nSPS) is 17.2. The molecule has 6 heteroatoms. The number of H-pyrrole nitrogens is 2. The Balaban J connectivity index is 1.74. The van der Waals surface area contributed by atoms with Crippen LogP contribution in [-0.4, -0.2) is 20.2 Å². The minimum atomic E-state index is -0.530. The van der Waals surface area contributed by atoms with Crippen molar-refractivity contribution in [3.63, 3.8) is 0 Å². The molecule has 0 aliphatic heterocycles. The Labute approximate surface area is 132 Å². The fraction of sp³-hybridized carbons (Fsp3) is 0.412. The molecule has 2 saturated carbocycles. The van der Waals surface area contributed by atoms with Gasteiger partial charge in [0.1, 0.15) is 11.4 Å². The summed E-state index contributed by atoms with van der Waals surface area (Å²) in [6.07, 6.45) is 7.21. The molecule has 4 rings (SSSR count). The van der Waals surface area contributed by atoms with Crippen molar-refractivity contribution in [1.82, 2.24) is 20.2 Å². The predicted molar refractivity (Wildman–Crippen MR) is 84.9 cm³/mol. The van der Waals surface area contributed by atoms with Gasteiger partial charge in [-0.25, -0.2) is 4.79 Å². The van der Waals surface area contributed by atoms with Gasteiger partial charge < -0.3 is 4.98 Å². The van der Waals surface area contributed by atoms with E-state index in [1.54, 1.807) is 0 Å². The van der Waals surface area contributed by atoms with Gasteiger partial charge in [0.25, 0.3) is 5.56 Å². The Bertz CT molecular complexity index is 924. The van der Waals surface area contributed by atoms with Crippen LogP contribution in [0.15, 0.2) is 21.9 Å². The van der Waals surface area contributed by atoms with E-state index in [1.165, 1.54) is 25.5 Å². The van der Waals surface area contributed by atoms with Crippen molar-refractivity contribution in [2.24, 2.45) is 5.92 Å². The first-order valence-electron chi connectivity index (χ1n) is 7.92. The molecule has 2 aromatic rings. The zero-order chi connectivity index (χ0) is 15.8. The SMILES string of the molecule is O=c1[nH]cc(-c2cc(C3CC3)c(C#CC3CCC3)nn2)c(=O)[nH]1. The molecule has 0 saturated heterocycles. The van der Waals surface area contributed by atoms with E-state index in [-0.39, 0.29) is 0 Å². The largest absolute Gasteiger partial charge is 0.325 e. The number of aromatic amines is 2. The number of nitrogens with one attached hydrogen (secondary N) is 2. The third kappa shape index (κ3) is 2.82. The molecule has 0 spiro atoms. The molecule has 0 aromatic carbocycles. The van der Waals surface area contributed by atoms with Gasteiger partial charge in [0.15, 0.2) is 0 Å². The first kappa shape index (κ1) is 13.9. The predicted octanol–water partition coefficient (Wildman–Crippen LogP) is 1.55. The van der Waals surface area contributed by atoms with E-state index < -0.39 is 11.2 Å². The van der Waals surface area contributed by atoms with Crippen molar-refractivity contribution < 1.29 is 0 Å². The Morgan fingerprint density at radius 3 is 2.61 bits per heavy atom. The summed E-state index contributed by atoms with van der Waals surface area (Å²) in [5.41, 5.74) is 1.59. The van der Waals surface area contributed by atoms with Crippen molar-refractivity contribution in [3.8, 4) is 23.1 Å². The second-order valence-electron chi connectivity index (χ2n) is 6.19. The lowest BCUT2D eigenvalue weighted by molar-refractivity contribution is 0.401. The van der Waals surface area contributed by atoms with E-state index in [9.17, 15) is 9.59 Å². The lowest BCUT2D eigenvalue weighted by atomic mass is 9.86.